The van der Waals surface area contributed by atoms with Crippen molar-refractivity contribution in [2.75, 3.05) is 11.1 Å². The Morgan fingerprint density at radius 2 is 1.86 bits per heavy atom. The van der Waals surface area contributed by atoms with Crippen molar-refractivity contribution in [2.24, 2.45) is 0 Å². The van der Waals surface area contributed by atoms with Gasteiger partial charge in [0.15, 0.2) is 5.82 Å². The number of hydrogen-bond donors (Lipinski definition) is 2. The van der Waals surface area contributed by atoms with Gasteiger partial charge < -0.3 is 11.1 Å². The van der Waals surface area contributed by atoms with E-state index in [-0.39, 0.29) is 0 Å². The van der Waals surface area contributed by atoms with Crippen LogP contribution in [0, 0.1) is 0 Å². The van der Waals surface area contributed by atoms with Crippen molar-refractivity contribution in [1.82, 2.24) is 15.0 Å². The second-order valence-electron chi connectivity index (χ2n) is 4.22. The summed E-state index contributed by atoms with van der Waals surface area (Å²) < 4.78 is 0. The Balaban J connectivity index is 1.85. The lowest BCUT2D eigenvalue weighted by atomic mass is 10.4. The molecule has 0 saturated heterocycles. The van der Waals surface area contributed by atoms with Crippen molar-refractivity contribution in [2.45, 2.75) is 9.92 Å². The van der Waals surface area contributed by atoms with Crippen LogP contribution in [-0.2, 0) is 0 Å². The second-order valence-corrected chi connectivity index (χ2v) is 5.29. The number of aromatic nitrogens is 3. The molecule has 2 aromatic heterocycles. The average Bonchev–Trinajstić information content (AvgIpc) is 2.53. The van der Waals surface area contributed by atoms with E-state index in [9.17, 15) is 0 Å². The number of rotatable bonds is 4. The third-order valence-corrected chi connectivity index (χ3v) is 3.76. The van der Waals surface area contributed by atoms with Gasteiger partial charge in [0, 0.05) is 11.1 Å². The maximum Gasteiger partial charge on any atom is 0.158 e. The molecule has 3 rings (SSSR count). The predicted octanol–water partition coefficient (Wildman–Crippen LogP) is 3.35. The van der Waals surface area contributed by atoms with Crippen molar-refractivity contribution in [1.29, 1.82) is 0 Å². The normalized spacial score (nSPS) is 10.3. The Morgan fingerprint density at radius 3 is 2.62 bits per heavy atom. The lowest BCUT2D eigenvalue weighted by Gasteiger charge is -2.10. The molecule has 0 radical (unpaired) electrons. The quantitative estimate of drug-likeness (QED) is 0.719. The number of hydrogen-bond acceptors (Lipinski definition) is 6. The number of nitrogens with one attached hydrogen (secondary N) is 1. The number of benzene rings is 1. The van der Waals surface area contributed by atoms with Gasteiger partial charge in [-0.05, 0) is 24.3 Å². The zero-order valence-electron chi connectivity index (χ0n) is 11.1. The van der Waals surface area contributed by atoms with E-state index in [1.807, 2.05) is 42.5 Å². The van der Waals surface area contributed by atoms with Gasteiger partial charge >= 0.3 is 0 Å². The number of anilines is 3. The summed E-state index contributed by atoms with van der Waals surface area (Å²) in [5.41, 5.74) is 7.51. The van der Waals surface area contributed by atoms with Crippen molar-refractivity contribution in [3.05, 3.63) is 61.2 Å². The van der Waals surface area contributed by atoms with Crippen LogP contribution in [0.5, 0.6) is 0 Å². The molecule has 0 aliphatic carbocycles. The molecule has 0 aliphatic rings. The summed E-state index contributed by atoms with van der Waals surface area (Å²) in [6.07, 6.45) is 4.93. The first kappa shape index (κ1) is 13.4. The lowest BCUT2D eigenvalue weighted by Crippen LogP contribution is -2.02. The Kier molecular flexibility index (Phi) is 3.97. The Bertz CT molecular complexity index is 659. The number of nitrogen functional groups attached to an aromatic ring is 1. The molecule has 3 aromatic rings. The first-order chi connectivity index (χ1) is 10.3. The molecule has 5 nitrogen and oxygen atoms in total. The van der Waals surface area contributed by atoms with Gasteiger partial charge in [-0.25, -0.2) is 9.97 Å². The van der Waals surface area contributed by atoms with Crippen LogP contribution in [0.25, 0.3) is 0 Å². The molecular formula is C15H13N5S. The van der Waals surface area contributed by atoms with E-state index in [2.05, 4.69) is 20.3 Å². The maximum atomic E-state index is 6.15. The van der Waals surface area contributed by atoms with Crippen molar-refractivity contribution >= 4 is 29.0 Å². The van der Waals surface area contributed by atoms with E-state index in [1.165, 1.54) is 18.1 Å². The third kappa shape index (κ3) is 3.29. The molecule has 3 N–H and O–H groups in total. The summed E-state index contributed by atoms with van der Waals surface area (Å²) in [7, 11) is 0. The Labute approximate surface area is 126 Å². The molecule has 0 saturated carbocycles. The summed E-state index contributed by atoms with van der Waals surface area (Å²) in [5, 5.41) is 3.87. The van der Waals surface area contributed by atoms with Crippen molar-refractivity contribution < 1.29 is 0 Å². The van der Waals surface area contributed by atoms with Gasteiger partial charge in [0.2, 0.25) is 0 Å². The molecule has 6 heteroatoms. The van der Waals surface area contributed by atoms with Crippen LogP contribution in [0.3, 0.4) is 0 Å². The van der Waals surface area contributed by atoms with Gasteiger partial charge in [0.1, 0.15) is 17.0 Å². The minimum Gasteiger partial charge on any atom is -0.394 e. The SMILES string of the molecule is Nc1c(Nc2cccnc2)ncnc1Sc1ccccc1. The summed E-state index contributed by atoms with van der Waals surface area (Å²) in [6, 6.07) is 13.7. The maximum absolute atomic E-state index is 6.15. The average molecular weight is 295 g/mol. The number of nitrogens with two attached hydrogens (primary N) is 1. The molecule has 2 heterocycles. The smallest absolute Gasteiger partial charge is 0.158 e. The second kappa shape index (κ2) is 6.23. The van der Waals surface area contributed by atoms with Crippen LogP contribution in [0.4, 0.5) is 17.2 Å². The third-order valence-electron chi connectivity index (χ3n) is 2.73. The van der Waals surface area contributed by atoms with Gasteiger partial charge in [-0.2, -0.15) is 0 Å². The van der Waals surface area contributed by atoms with Crippen LogP contribution in [0.1, 0.15) is 0 Å². The minimum absolute atomic E-state index is 0.523. The van der Waals surface area contributed by atoms with Crippen LogP contribution < -0.4 is 11.1 Å². The predicted molar refractivity (Wildman–Crippen MR) is 84.5 cm³/mol. The fourth-order valence-electron chi connectivity index (χ4n) is 1.73. The van der Waals surface area contributed by atoms with E-state index in [0.29, 0.717) is 11.5 Å². The zero-order valence-corrected chi connectivity index (χ0v) is 11.9. The highest BCUT2D eigenvalue weighted by atomic mass is 32.2. The summed E-state index contributed by atoms with van der Waals surface area (Å²) in [4.78, 5) is 13.6. The molecule has 0 unspecified atom stereocenters. The largest absolute Gasteiger partial charge is 0.394 e. The first-order valence-corrected chi connectivity index (χ1v) is 7.15. The van der Waals surface area contributed by atoms with E-state index in [0.717, 1.165) is 15.6 Å². The van der Waals surface area contributed by atoms with E-state index >= 15 is 0 Å². The highest BCUT2D eigenvalue weighted by Crippen LogP contribution is 2.33. The van der Waals surface area contributed by atoms with Gasteiger partial charge in [-0.3, -0.25) is 4.98 Å². The van der Waals surface area contributed by atoms with Crippen LogP contribution in [-0.4, -0.2) is 15.0 Å². The van der Waals surface area contributed by atoms with Gasteiger partial charge in [-0.15, -0.1) is 0 Å². The highest BCUT2D eigenvalue weighted by Gasteiger charge is 2.09. The van der Waals surface area contributed by atoms with Crippen LogP contribution in [0.15, 0.2) is 71.1 Å². The van der Waals surface area contributed by atoms with Crippen LogP contribution in [0.2, 0.25) is 0 Å². The van der Waals surface area contributed by atoms with Crippen molar-refractivity contribution in [3.63, 3.8) is 0 Å². The fraction of sp³-hybridized carbons (Fsp3) is 0. The molecule has 21 heavy (non-hydrogen) atoms. The van der Waals surface area contributed by atoms with Gasteiger partial charge in [0.05, 0.1) is 11.9 Å². The minimum atomic E-state index is 0.523. The number of pyridine rings is 1. The molecule has 1 aromatic carbocycles. The first-order valence-electron chi connectivity index (χ1n) is 6.33. The summed E-state index contributed by atoms with van der Waals surface area (Å²) in [6.45, 7) is 0. The molecule has 0 spiro atoms. The van der Waals surface area contributed by atoms with Crippen LogP contribution >= 0.6 is 11.8 Å². The van der Waals surface area contributed by atoms with Gasteiger partial charge in [0.25, 0.3) is 0 Å². The topological polar surface area (TPSA) is 76.7 Å². The lowest BCUT2D eigenvalue weighted by molar-refractivity contribution is 1.06. The van der Waals surface area contributed by atoms with E-state index < -0.39 is 0 Å². The molecule has 0 amide bonds. The zero-order chi connectivity index (χ0) is 14.5. The summed E-state index contributed by atoms with van der Waals surface area (Å²) >= 11 is 1.51. The Morgan fingerprint density at radius 1 is 1.00 bits per heavy atom. The fourth-order valence-corrected chi connectivity index (χ4v) is 2.56. The van der Waals surface area contributed by atoms with Gasteiger partial charge in [-0.1, -0.05) is 30.0 Å². The van der Waals surface area contributed by atoms with Crippen molar-refractivity contribution in [3.8, 4) is 0 Å². The highest BCUT2D eigenvalue weighted by molar-refractivity contribution is 7.99. The monoisotopic (exact) mass is 295 g/mol. The standard InChI is InChI=1S/C15H13N5S/c16-13-14(20-11-5-4-8-17-9-11)18-10-19-15(13)21-12-6-2-1-3-7-12/h1-10H,16H2,(H,18,19,20). The van der Waals surface area contributed by atoms with E-state index in [1.54, 1.807) is 12.4 Å². The molecule has 0 bridgehead atoms. The molecular weight excluding hydrogens is 282 g/mol. The summed E-state index contributed by atoms with van der Waals surface area (Å²) in [5.74, 6) is 0.580. The number of nitrogens with zero attached hydrogens (tertiary/aromatic N) is 3. The molecule has 0 fully saturated rings. The van der Waals surface area contributed by atoms with E-state index in [4.69, 9.17) is 5.73 Å². The molecule has 0 atom stereocenters. The Hall–Kier alpha value is -2.60. The molecule has 104 valence electrons. The molecule has 0 aliphatic heterocycles.